The summed E-state index contributed by atoms with van der Waals surface area (Å²) in [7, 11) is 0. The number of nitrogens with zero attached hydrogens (tertiary/aromatic N) is 2. The van der Waals surface area contributed by atoms with Crippen LogP contribution in [-0.2, 0) is 6.42 Å². The number of pyridine rings is 1. The largest absolute Gasteiger partial charge is 0.314 e. The lowest BCUT2D eigenvalue weighted by atomic mass is 10.1. The van der Waals surface area contributed by atoms with Crippen LogP contribution >= 0.6 is 0 Å². The van der Waals surface area contributed by atoms with Crippen LogP contribution in [0.3, 0.4) is 0 Å². The molecule has 3 heterocycles. The van der Waals surface area contributed by atoms with Crippen LogP contribution in [0.5, 0.6) is 0 Å². The van der Waals surface area contributed by atoms with Gasteiger partial charge in [-0.2, -0.15) is 4.39 Å². The molecule has 1 atom stereocenters. The monoisotopic (exact) mass is 219 g/mol. The summed E-state index contributed by atoms with van der Waals surface area (Å²) in [4.78, 5) is 4.30. The SMILES string of the molecule is Fc1cccc2cnc(CC3CCCN3)n12. The van der Waals surface area contributed by atoms with Gasteiger partial charge in [-0.3, -0.25) is 4.40 Å². The number of fused-ring (bicyclic) bond motifs is 1. The molecule has 0 saturated carbocycles. The van der Waals surface area contributed by atoms with Gasteiger partial charge in [0.15, 0.2) is 5.95 Å². The molecule has 84 valence electrons. The summed E-state index contributed by atoms with van der Waals surface area (Å²) in [5, 5.41) is 3.40. The van der Waals surface area contributed by atoms with Crippen molar-refractivity contribution in [1.82, 2.24) is 14.7 Å². The number of rotatable bonds is 2. The van der Waals surface area contributed by atoms with E-state index in [4.69, 9.17) is 0 Å². The van der Waals surface area contributed by atoms with Crippen LogP contribution in [0.15, 0.2) is 24.4 Å². The van der Waals surface area contributed by atoms with Gasteiger partial charge in [0.2, 0.25) is 0 Å². The van der Waals surface area contributed by atoms with Gasteiger partial charge in [-0.05, 0) is 31.5 Å². The van der Waals surface area contributed by atoms with Crippen molar-refractivity contribution in [1.29, 1.82) is 0 Å². The van der Waals surface area contributed by atoms with Crippen molar-refractivity contribution in [2.45, 2.75) is 25.3 Å². The second kappa shape index (κ2) is 3.87. The molecule has 3 rings (SSSR count). The average Bonchev–Trinajstić information content (AvgIpc) is 2.90. The second-order valence-electron chi connectivity index (χ2n) is 4.28. The first-order valence-corrected chi connectivity index (χ1v) is 5.69. The molecule has 1 aliphatic heterocycles. The van der Waals surface area contributed by atoms with E-state index >= 15 is 0 Å². The van der Waals surface area contributed by atoms with Gasteiger partial charge < -0.3 is 5.32 Å². The van der Waals surface area contributed by atoms with E-state index in [1.807, 2.05) is 6.07 Å². The molecule has 0 spiro atoms. The number of nitrogens with one attached hydrogen (secondary N) is 1. The fourth-order valence-electron chi connectivity index (χ4n) is 2.37. The Kier molecular flexibility index (Phi) is 2.36. The third-order valence-electron chi connectivity index (χ3n) is 3.17. The van der Waals surface area contributed by atoms with Gasteiger partial charge in [0, 0.05) is 12.5 Å². The number of hydrogen-bond donors (Lipinski definition) is 1. The number of imidazole rings is 1. The van der Waals surface area contributed by atoms with Crippen molar-refractivity contribution >= 4 is 5.52 Å². The molecule has 1 unspecified atom stereocenters. The molecule has 16 heavy (non-hydrogen) atoms. The molecule has 2 aromatic rings. The topological polar surface area (TPSA) is 29.3 Å². The third-order valence-corrected chi connectivity index (χ3v) is 3.17. The lowest BCUT2D eigenvalue weighted by Gasteiger charge is -2.09. The fourth-order valence-corrected chi connectivity index (χ4v) is 2.37. The zero-order valence-electron chi connectivity index (χ0n) is 8.99. The normalized spacial score (nSPS) is 20.7. The van der Waals surface area contributed by atoms with Gasteiger partial charge >= 0.3 is 0 Å². The van der Waals surface area contributed by atoms with Gasteiger partial charge in [-0.1, -0.05) is 6.07 Å². The number of aromatic nitrogens is 2. The van der Waals surface area contributed by atoms with Crippen molar-refractivity contribution in [2.75, 3.05) is 6.54 Å². The molecule has 2 aromatic heterocycles. The minimum atomic E-state index is -0.233. The lowest BCUT2D eigenvalue weighted by Crippen LogP contribution is -2.24. The molecule has 0 aliphatic carbocycles. The highest BCUT2D eigenvalue weighted by Crippen LogP contribution is 2.14. The van der Waals surface area contributed by atoms with Crippen molar-refractivity contribution in [3.8, 4) is 0 Å². The first kappa shape index (κ1) is 9.78. The summed E-state index contributed by atoms with van der Waals surface area (Å²) < 4.78 is 15.3. The molecule has 1 N–H and O–H groups in total. The summed E-state index contributed by atoms with van der Waals surface area (Å²) in [6.07, 6.45) is 4.89. The highest BCUT2D eigenvalue weighted by Gasteiger charge is 2.17. The molecule has 0 bridgehead atoms. The van der Waals surface area contributed by atoms with Gasteiger partial charge in [0.05, 0.1) is 11.7 Å². The van der Waals surface area contributed by atoms with Crippen LogP contribution in [0.1, 0.15) is 18.7 Å². The van der Waals surface area contributed by atoms with E-state index < -0.39 is 0 Å². The third kappa shape index (κ3) is 1.59. The van der Waals surface area contributed by atoms with E-state index in [1.165, 1.54) is 12.5 Å². The first-order chi connectivity index (χ1) is 7.84. The smallest absolute Gasteiger partial charge is 0.199 e. The standard InChI is InChI=1S/C12H14FN3/c13-11-5-1-4-10-8-15-12(16(10)11)7-9-3-2-6-14-9/h1,4-5,8-9,14H,2-3,6-7H2. The zero-order chi connectivity index (χ0) is 11.0. The number of halogens is 1. The molecule has 1 aliphatic rings. The first-order valence-electron chi connectivity index (χ1n) is 5.69. The Bertz CT molecular complexity index is 500. The van der Waals surface area contributed by atoms with Crippen LogP contribution in [0, 0.1) is 5.95 Å². The second-order valence-corrected chi connectivity index (χ2v) is 4.28. The van der Waals surface area contributed by atoms with Crippen LogP contribution in [0.4, 0.5) is 4.39 Å². The van der Waals surface area contributed by atoms with Gasteiger partial charge in [0.1, 0.15) is 5.82 Å². The molecule has 0 radical (unpaired) electrons. The minimum absolute atomic E-state index is 0.233. The van der Waals surface area contributed by atoms with E-state index in [0.29, 0.717) is 6.04 Å². The Morgan fingerprint density at radius 1 is 1.50 bits per heavy atom. The molecule has 0 amide bonds. The molecule has 3 nitrogen and oxygen atoms in total. The highest BCUT2D eigenvalue weighted by atomic mass is 19.1. The predicted molar refractivity (Wildman–Crippen MR) is 59.9 cm³/mol. The van der Waals surface area contributed by atoms with Crippen molar-refractivity contribution in [3.05, 3.63) is 36.2 Å². The van der Waals surface area contributed by atoms with Crippen LogP contribution < -0.4 is 5.32 Å². The van der Waals surface area contributed by atoms with E-state index in [-0.39, 0.29) is 5.95 Å². The van der Waals surface area contributed by atoms with Gasteiger partial charge in [-0.25, -0.2) is 4.98 Å². The van der Waals surface area contributed by atoms with E-state index in [9.17, 15) is 4.39 Å². The summed E-state index contributed by atoms with van der Waals surface area (Å²) in [6.45, 7) is 1.07. The Balaban J connectivity index is 1.97. The highest BCUT2D eigenvalue weighted by molar-refractivity contribution is 5.45. The van der Waals surface area contributed by atoms with Crippen LogP contribution in [0.2, 0.25) is 0 Å². The molecule has 4 heteroatoms. The quantitative estimate of drug-likeness (QED) is 0.780. The average molecular weight is 219 g/mol. The molecular formula is C12H14FN3. The summed E-state index contributed by atoms with van der Waals surface area (Å²) in [5.41, 5.74) is 0.827. The Hall–Kier alpha value is -1.42. The van der Waals surface area contributed by atoms with Gasteiger partial charge in [-0.15, -0.1) is 0 Å². The maximum Gasteiger partial charge on any atom is 0.199 e. The molecule has 0 aromatic carbocycles. The Morgan fingerprint density at radius 3 is 3.25 bits per heavy atom. The van der Waals surface area contributed by atoms with Gasteiger partial charge in [0.25, 0.3) is 0 Å². The van der Waals surface area contributed by atoms with Crippen molar-refractivity contribution in [2.24, 2.45) is 0 Å². The van der Waals surface area contributed by atoms with E-state index in [1.54, 1.807) is 16.7 Å². The lowest BCUT2D eigenvalue weighted by molar-refractivity contribution is 0.535. The number of hydrogen-bond acceptors (Lipinski definition) is 2. The molecular weight excluding hydrogens is 205 g/mol. The van der Waals surface area contributed by atoms with E-state index in [2.05, 4.69) is 10.3 Å². The molecule has 1 saturated heterocycles. The molecule has 1 fully saturated rings. The summed E-state index contributed by atoms with van der Waals surface area (Å²) >= 11 is 0. The zero-order valence-corrected chi connectivity index (χ0v) is 8.99. The fraction of sp³-hybridized carbons (Fsp3) is 0.417. The van der Waals surface area contributed by atoms with Crippen LogP contribution in [-0.4, -0.2) is 22.0 Å². The summed E-state index contributed by atoms with van der Waals surface area (Å²) in [5.74, 6) is 0.579. The maximum absolute atomic E-state index is 13.7. The van der Waals surface area contributed by atoms with Crippen molar-refractivity contribution in [3.63, 3.8) is 0 Å². The Labute approximate surface area is 93.3 Å². The minimum Gasteiger partial charge on any atom is -0.314 e. The Morgan fingerprint density at radius 2 is 2.44 bits per heavy atom. The van der Waals surface area contributed by atoms with Crippen LogP contribution in [0.25, 0.3) is 5.52 Å². The maximum atomic E-state index is 13.7. The predicted octanol–water partition coefficient (Wildman–Crippen LogP) is 1.77. The summed E-state index contributed by atoms with van der Waals surface area (Å²) in [6, 6.07) is 5.51. The van der Waals surface area contributed by atoms with Crippen molar-refractivity contribution < 1.29 is 4.39 Å². The van der Waals surface area contributed by atoms with E-state index in [0.717, 1.165) is 30.7 Å².